The minimum atomic E-state index is 0.0105. The number of morpholine rings is 1. The lowest BCUT2D eigenvalue weighted by atomic mass is 10.2. The van der Waals surface area contributed by atoms with Gasteiger partial charge < -0.3 is 19.4 Å². The molecule has 2 atom stereocenters. The van der Waals surface area contributed by atoms with E-state index in [-0.39, 0.29) is 18.1 Å². The highest BCUT2D eigenvalue weighted by Crippen LogP contribution is 2.18. The molecule has 6 heteroatoms. The summed E-state index contributed by atoms with van der Waals surface area (Å²) < 4.78 is 11.0. The Balaban J connectivity index is 1.46. The molecule has 3 rings (SSSR count). The van der Waals surface area contributed by atoms with Gasteiger partial charge in [0, 0.05) is 38.7 Å². The van der Waals surface area contributed by atoms with Crippen LogP contribution >= 0.6 is 0 Å². The first kappa shape index (κ1) is 17.5. The molecule has 2 aromatic heterocycles. The number of carbonyl (C=O) groups excluding carboxylic acids is 1. The number of aromatic nitrogens is 1. The molecule has 2 aromatic rings. The van der Waals surface area contributed by atoms with Gasteiger partial charge in [-0.2, -0.15) is 0 Å². The molecule has 1 amide bonds. The summed E-state index contributed by atoms with van der Waals surface area (Å²) in [7, 11) is 0. The van der Waals surface area contributed by atoms with Crippen LogP contribution in [-0.4, -0.2) is 36.2 Å². The van der Waals surface area contributed by atoms with Crippen molar-refractivity contribution in [1.29, 1.82) is 0 Å². The largest absolute Gasteiger partial charge is 0.469 e. The van der Waals surface area contributed by atoms with E-state index >= 15 is 0 Å². The summed E-state index contributed by atoms with van der Waals surface area (Å²) in [5, 5.41) is 2.92. The van der Waals surface area contributed by atoms with Crippen LogP contribution in [0.1, 0.15) is 31.6 Å². The highest BCUT2D eigenvalue weighted by atomic mass is 16.5. The Morgan fingerprint density at radius 1 is 1.28 bits per heavy atom. The van der Waals surface area contributed by atoms with E-state index in [1.165, 1.54) is 0 Å². The average Bonchev–Trinajstić information content (AvgIpc) is 3.11. The highest BCUT2D eigenvalue weighted by Gasteiger charge is 2.22. The second-order valence-electron chi connectivity index (χ2n) is 6.54. The Morgan fingerprint density at radius 3 is 2.72 bits per heavy atom. The van der Waals surface area contributed by atoms with E-state index in [2.05, 4.69) is 29.0 Å². The first-order valence-corrected chi connectivity index (χ1v) is 8.74. The van der Waals surface area contributed by atoms with Crippen LogP contribution in [0.4, 0.5) is 5.82 Å². The summed E-state index contributed by atoms with van der Waals surface area (Å²) >= 11 is 0. The molecule has 134 valence electrons. The van der Waals surface area contributed by atoms with Gasteiger partial charge in [-0.1, -0.05) is 6.07 Å². The van der Waals surface area contributed by atoms with Crippen molar-refractivity contribution in [3.8, 4) is 0 Å². The van der Waals surface area contributed by atoms with Crippen molar-refractivity contribution >= 4 is 11.7 Å². The van der Waals surface area contributed by atoms with Crippen LogP contribution < -0.4 is 10.2 Å². The molecule has 1 aliphatic heterocycles. The van der Waals surface area contributed by atoms with Crippen LogP contribution in [0.3, 0.4) is 0 Å². The zero-order valence-electron chi connectivity index (χ0n) is 14.8. The summed E-state index contributed by atoms with van der Waals surface area (Å²) in [5.74, 6) is 1.79. The molecular weight excluding hydrogens is 318 g/mol. The Labute approximate surface area is 148 Å². The third-order valence-corrected chi connectivity index (χ3v) is 4.22. The predicted molar refractivity (Wildman–Crippen MR) is 95.3 cm³/mol. The molecule has 0 aromatic carbocycles. The maximum Gasteiger partial charge on any atom is 0.220 e. The van der Waals surface area contributed by atoms with Crippen LogP contribution in [-0.2, 0) is 22.5 Å². The third-order valence-electron chi connectivity index (χ3n) is 4.22. The molecule has 2 unspecified atom stereocenters. The number of rotatable bonds is 6. The Hall–Kier alpha value is -2.34. The van der Waals surface area contributed by atoms with Crippen LogP contribution in [0.2, 0.25) is 0 Å². The van der Waals surface area contributed by atoms with E-state index in [1.54, 1.807) is 6.26 Å². The first-order chi connectivity index (χ1) is 12.1. The van der Waals surface area contributed by atoms with E-state index in [0.717, 1.165) is 30.2 Å². The van der Waals surface area contributed by atoms with Gasteiger partial charge in [0.15, 0.2) is 0 Å². The van der Waals surface area contributed by atoms with Crippen molar-refractivity contribution in [3.63, 3.8) is 0 Å². The fraction of sp³-hybridized carbons (Fsp3) is 0.474. The molecule has 6 nitrogen and oxygen atoms in total. The quantitative estimate of drug-likeness (QED) is 0.873. The van der Waals surface area contributed by atoms with Crippen molar-refractivity contribution < 1.29 is 13.9 Å². The molecule has 0 aliphatic carbocycles. The smallest absolute Gasteiger partial charge is 0.220 e. The Bertz CT molecular complexity index is 660. The number of carbonyl (C=O) groups is 1. The fourth-order valence-corrected chi connectivity index (χ4v) is 3.05. The first-order valence-electron chi connectivity index (χ1n) is 8.74. The number of amides is 1. The lowest BCUT2D eigenvalue weighted by molar-refractivity contribution is -0.121. The lowest BCUT2D eigenvalue weighted by Gasteiger charge is -2.36. The van der Waals surface area contributed by atoms with Crippen molar-refractivity contribution in [2.45, 2.75) is 45.4 Å². The topological polar surface area (TPSA) is 67.6 Å². The lowest BCUT2D eigenvalue weighted by Crippen LogP contribution is -2.45. The summed E-state index contributed by atoms with van der Waals surface area (Å²) in [6.07, 6.45) is 4.90. The van der Waals surface area contributed by atoms with Crippen LogP contribution in [0, 0.1) is 0 Å². The minimum absolute atomic E-state index is 0.0105. The zero-order chi connectivity index (χ0) is 17.6. The minimum Gasteiger partial charge on any atom is -0.469 e. The van der Waals surface area contributed by atoms with Gasteiger partial charge in [0.2, 0.25) is 5.91 Å². The van der Waals surface area contributed by atoms with Crippen molar-refractivity contribution in [1.82, 2.24) is 10.3 Å². The predicted octanol–water partition coefficient (Wildman–Crippen LogP) is 2.54. The molecule has 1 saturated heterocycles. The van der Waals surface area contributed by atoms with E-state index in [0.29, 0.717) is 19.4 Å². The number of hydrogen-bond donors (Lipinski definition) is 1. The third kappa shape index (κ3) is 5.06. The molecule has 0 saturated carbocycles. The number of nitrogens with zero attached hydrogens (tertiary/aromatic N) is 2. The van der Waals surface area contributed by atoms with E-state index in [1.807, 2.05) is 30.5 Å². The van der Waals surface area contributed by atoms with Crippen LogP contribution in [0.15, 0.2) is 41.1 Å². The SMILES string of the molecule is CC1CN(c2ccc(CNC(=O)CCc3ccco3)cn2)CC(C)O1. The summed E-state index contributed by atoms with van der Waals surface area (Å²) in [4.78, 5) is 18.7. The van der Waals surface area contributed by atoms with E-state index in [4.69, 9.17) is 9.15 Å². The fourth-order valence-electron chi connectivity index (χ4n) is 3.05. The molecule has 3 heterocycles. The van der Waals surface area contributed by atoms with Gasteiger partial charge in [0.05, 0.1) is 18.5 Å². The molecule has 0 radical (unpaired) electrons. The van der Waals surface area contributed by atoms with E-state index in [9.17, 15) is 4.79 Å². The normalized spacial score (nSPS) is 20.5. The monoisotopic (exact) mass is 343 g/mol. The van der Waals surface area contributed by atoms with Gasteiger partial charge in [0.25, 0.3) is 0 Å². The molecule has 1 fully saturated rings. The van der Waals surface area contributed by atoms with E-state index < -0.39 is 0 Å². The zero-order valence-corrected chi connectivity index (χ0v) is 14.8. The van der Waals surface area contributed by atoms with Gasteiger partial charge in [-0.25, -0.2) is 4.98 Å². The van der Waals surface area contributed by atoms with Gasteiger partial charge in [-0.05, 0) is 37.6 Å². The van der Waals surface area contributed by atoms with Gasteiger partial charge in [-0.15, -0.1) is 0 Å². The summed E-state index contributed by atoms with van der Waals surface area (Å²) in [5.41, 5.74) is 0.990. The number of aryl methyl sites for hydroxylation is 1. The van der Waals surface area contributed by atoms with Crippen molar-refractivity contribution in [3.05, 3.63) is 48.0 Å². The summed E-state index contributed by atoms with van der Waals surface area (Å²) in [6.45, 7) is 6.34. The number of hydrogen-bond acceptors (Lipinski definition) is 5. The van der Waals surface area contributed by atoms with Gasteiger partial charge >= 0.3 is 0 Å². The Kier molecular flexibility index (Phi) is 5.71. The maximum atomic E-state index is 11.9. The summed E-state index contributed by atoms with van der Waals surface area (Å²) in [6, 6.07) is 7.73. The van der Waals surface area contributed by atoms with Crippen LogP contribution in [0.5, 0.6) is 0 Å². The number of anilines is 1. The van der Waals surface area contributed by atoms with Crippen molar-refractivity contribution in [2.24, 2.45) is 0 Å². The number of nitrogens with one attached hydrogen (secondary N) is 1. The number of furan rings is 1. The molecule has 0 bridgehead atoms. The molecule has 0 spiro atoms. The number of pyridine rings is 1. The average molecular weight is 343 g/mol. The second kappa shape index (κ2) is 8.16. The molecule has 1 aliphatic rings. The molecule has 1 N–H and O–H groups in total. The second-order valence-corrected chi connectivity index (χ2v) is 6.54. The van der Waals surface area contributed by atoms with Crippen molar-refractivity contribution in [2.75, 3.05) is 18.0 Å². The Morgan fingerprint density at radius 2 is 2.08 bits per heavy atom. The molecule has 25 heavy (non-hydrogen) atoms. The van der Waals surface area contributed by atoms with Crippen LogP contribution in [0.25, 0.3) is 0 Å². The van der Waals surface area contributed by atoms with Gasteiger partial charge in [0.1, 0.15) is 11.6 Å². The van der Waals surface area contributed by atoms with Gasteiger partial charge in [-0.3, -0.25) is 4.79 Å². The molecular formula is C19H25N3O3. The maximum absolute atomic E-state index is 11.9. The highest BCUT2D eigenvalue weighted by molar-refractivity contribution is 5.76. The number of ether oxygens (including phenoxy) is 1. The standard InChI is InChI=1S/C19H25N3O3/c1-14-12-22(13-15(2)25-14)18-7-5-16(10-20-18)11-21-19(23)8-6-17-4-3-9-24-17/h3-5,7,9-10,14-15H,6,8,11-13H2,1-2H3,(H,21,23).